The van der Waals surface area contributed by atoms with Gasteiger partial charge in [-0.25, -0.2) is 0 Å². The second-order valence-corrected chi connectivity index (χ2v) is 8.45. The van der Waals surface area contributed by atoms with Crippen LogP contribution in [0.1, 0.15) is 84.0 Å². The molecule has 2 atom stereocenters. The van der Waals surface area contributed by atoms with E-state index in [2.05, 4.69) is 6.92 Å². The second-order valence-electron chi connectivity index (χ2n) is 8.45. The van der Waals surface area contributed by atoms with Crippen LogP contribution in [0.2, 0.25) is 0 Å². The van der Waals surface area contributed by atoms with Gasteiger partial charge in [0.25, 0.3) is 0 Å². The van der Waals surface area contributed by atoms with Gasteiger partial charge in [0.15, 0.2) is 6.79 Å². The molecule has 0 spiro atoms. The Kier molecular flexibility index (Phi) is 5.32. The van der Waals surface area contributed by atoms with Crippen LogP contribution in [0.5, 0.6) is 0 Å². The average molecular weight is 323 g/mol. The molecule has 0 aromatic heterocycles. The maximum Gasteiger partial charge on any atom is 0.307 e. The number of carbonyl (C=O) groups is 1. The predicted molar refractivity (Wildman–Crippen MR) is 89.8 cm³/mol. The minimum absolute atomic E-state index is 0.0205. The lowest BCUT2D eigenvalue weighted by Crippen LogP contribution is -2.63. The van der Waals surface area contributed by atoms with Gasteiger partial charge in [0, 0.05) is 12.0 Å². The summed E-state index contributed by atoms with van der Waals surface area (Å²) >= 11 is 0. The predicted octanol–water partition coefficient (Wildman–Crippen LogP) is 3.91. The number of ether oxygens (including phenoxy) is 2. The van der Waals surface area contributed by atoms with Gasteiger partial charge in [-0.2, -0.15) is 0 Å². The van der Waals surface area contributed by atoms with Crippen molar-refractivity contribution >= 4 is 5.97 Å². The fourth-order valence-corrected chi connectivity index (χ4v) is 5.58. The topological polar surface area (TPSA) is 61.5 Å². The number of carbonyl (C=O) groups excluding carboxylic acids is 1. The van der Waals surface area contributed by atoms with Crippen molar-refractivity contribution in [1.82, 2.24) is 0 Å². The third-order valence-electron chi connectivity index (χ3n) is 6.12. The van der Waals surface area contributed by atoms with E-state index >= 15 is 0 Å². The molecule has 0 heterocycles. The molecule has 132 valence electrons. The SMILES string of the molecule is CCCCCCCC(=O)OCOC12CC3CC(CC(N)(C3)C1)C2. The normalized spacial score (nSPS) is 38.0. The Balaban J connectivity index is 1.37. The molecule has 0 saturated heterocycles. The maximum absolute atomic E-state index is 11.8. The summed E-state index contributed by atoms with van der Waals surface area (Å²) in [6.07, 6.45) is 13.1. The first-order valence-corrected chi connectivity index (χ1v) is 9.61. The van der Waals surface area contributed by atoms with Crippen LogP contribution in [0.4, 0.5) is 0 Å². The number of hydrogen-bond donors (Lipinski definition) is 1. The highest BCUT2D eigenvalue weighted by atomic mass is 16.7. The molecule has 4 rings (SSSR count). The molecule has 4 heteroatoms. The van der Waals surface area contributed by atoms with Gasteiger partial charge >= 0.3 is 5.97 Å². The van der Waals surface area contributed by atoms with Crippen molar-refractivity contribution in [3.63, 3.8) is 0 Å². The summed E-state index contributed by atoms with van der Waals surface area (Å²) in [6, 6.07) is 0. The minimum atomic E-state index is -0.117. The Hall–Kier alpha value is -0.610. The van der Waals surface area contributed by atoms with E-state index in [0.29, 0.717) is 6.42 Å². The van der Waals surface area contributed by atoms with E-state index in [1.54, 1.807) is 0 Å². The van der Waals surface area contributed by atoms with E-state index < -0.39 is 0 Å². The highest BCUT2D eigenvalue weighted by Crippen LogP contribution is 2.57. The zero-order chi connectivity index (χ0) is 16.3. The summed E-state index contributed by atoms with van der Waals surface area (Å²) in [5.41, 5.74) is 6.42. The van der Waals surface area contributed by atoms with Crippen LogP contribution in [0.25, 0.3) is 0 Å². The Morgan fingerprint density at radius 1 is 1.09 bits per heavy atom. The molecule has 4 aliphatic carbocycles. The van der Waals surface area contributed by atoms with Crippen molar-refractivity contribution in [2.75, 3.05) is 6.79 Å². The van der Waals surface area contributed by atoms with Gasteiger partial charge in [0.1, 0.15) is 0 Å². The zero-order valence-corrected chi connectivity index (χ0v) is 14.6. The summed E-state index contributed by atoms with van der Waals surface area (Å²) in [4.78, 5) is 11.8. The molecule has 4 fully saturated rings. The van der Waals surface area contributed by atoms with Crippen molar-refractivity contribution in [2.24, 2.45) is 17.6 Å². The van der Waals surface area contributed by atoms with Gasteiger partial charge in [0.2, 0.25) is 0 Å². The summed E-state index contributed by atoms with van der Waals surface area (Å²) < 4.78 is 11.4. The molecule has 2 unspecified atom stereocenters. The monoisotopic (exact) mass is 323 g/mol. The highest BCUT2D eigenvalue weighted by Gasteiger charge is 2.57. The molecule has 0 aliphatic heterocycles. The molecule has 2 N–H and O–H groups in total. The van der Waals surface area contributed by atoms with Crippen molar-refractivity contribution in [1.29, 1.82) is 0 Å². The molecular weight excluding hydrogens is 290 g/mol. The Labute approximate surface area is 140 Å². The molecule has 0 aromatic carbocycles. The lowest BCUT2D eigenvalue weighted by molar-refractivity contribution is -0.213. The van der Waals surface area contributed by atoms with E-state index in [1.165, 1.54) is 25.7 Å². The number of nitrogens with two attached hydrogens (primary N) is 1. The quantitative estimate of drug-likeness (QED) is 0.397. The van der Waals surface area contributed by atoms with Crippen LogP contribution >= 0.6 is 0 Å². The first-order valence-electron chi connectivity index (χ1n) is 9.61. The van der Waals surface area contributed by atoms with Gasteiger partial charge < -0.3 is 15.2 Å². The van der Waals surface area contributed by atoms with Crippen LogP contribution in [-0.2, 0) is 14.3 Å². The summed E-state index contributed by atoms with van der Waals surface area (Å²) in [7, 11) is 0. The number of esters is 1. The van der Waals surface area contributed by atoms with Crippen LogP contribution in [0.3, 0.4) is 0 Å². The lowest BCUT2D eigenvalue weighted by Gasteiger charge is -2.60. The van der Waals surface area contributed by atoms with Crippen molar-refractivity contribution in [2.45, 2.75) is 95.1 Å². The number of hydrogen-bond acceptors (Lipinski definition) is 4. The minimum Gasteiger partial charge on any atom is -0.438 e. The smallest absolute Gasteiger partial charge is 0.307 e. The van der Waals surface area contributed by atoms with E-state index in [-0.39, 0.29) is 23.9 Å². The Morgan fingerprint density at radius 2 is 1.78 bits per heavy atom. The van der Waals surface area contributed by atoms with Gasteiger partial charge in [-0.1, -0.05) is 32.6 Å². The third-order valence-corrected chi connectivity index (χ3v) is 6.12. The molecule has 23 heavy (non-hydrogen) atoms. The maximum atomic E-state index is 11.8. The molecule has 4 nitrogen and oxygen atoms in total. The molecule has 4 bridgehead atoms. The van der Waals surface area contributed by atoms with Crippen LogP contribution in [0.15, 0.2) is 0 Å². The van der Waals surface area contributed by atoms with Gasteiger partial charge in [-0.05, 0) is 56.8 Å². The molecule has 0 aromatic rings. The average Bonchev–Trinajstić information content (AvgIpc) is 2.44. The number of unbranched alkanes of at least 4 members (excludes halogenated alkanes) is 4. The summed E-state index contributed by atoms with van der Waals surface area (Å²) in [5, 5.41) is 0. The van der Waals surface area contributed by atoms with E-state index in [1.807, 2.05) is 0 Å². The van der Waals surface area contributed by atoms with Crippen LogP contribution < -0.4 is 5.73 Å². The molecular formula is C19H33NO3. The third kappa shape index (κ3) is 4.27. The van der Waals surface area contributed by atoms with Crippen LogP contribution in [-0.4, -0.2) is 23.9 Å². The fourth-order valence-electron chi connectivity index (χ4n) is 5.58. The number of rotatable bonds is 9. The summed E-state index contributed by atoms with van der Waals surface area (Å²) in [6.45, 7) is 2.31. The van der Waals surface area contributed by atoms with Gasteiger partial charge in [-0.15, -0.1) is 0 Å². The highest BCUT2D eigenvalue weighted by molar-refractivity contribution is 5.69. The van der Waals surface area contributed by atoms with Crippen LogP contribution in [0, 0.1) is 11.8 Å². The largest absolute Gasteiger partial charge is 0.438 e. The Bertz CT molecular complexity index is 409. The fraction of sp³-hybridized carbons (Fsp3) is 0.947. The summed E-state index contributed by atoms with van der Waals surface area (Å²) in [5.74, 6) is 1.32. The molecule has 4 aliphatic rings. The van der Waals surface area contributed by atoms with E-state index in [9.17, 15) is 4.79 Å². The van der Waals surface area contributed by atoms with Crippen molar-refractivity contribution < 1.29 is 14.3 Å². The van der Waals surface area contributed by atoms with E-state index in [0.717, 1.165) is 56.8 Å². The second kappa shape index (κ2) is 7.10. The molecule has 4 saturated carbocycles. The van der Waals surface area contributed by atoms with Crippen molar-refractivity contribution in [3.8, 4) is 0 Å². The van der Waals surface area contributed by atoms with Gasteiger partial charge in [-0.3, -0.25) is 4.79 Å². The lowest BCUT2D eigenvalue weighted by atomic mass is 9.51. The van der Waals surface area contributed by atoms with E-state index in [4.69, 9.17) is 15.2 Å². The first kappa shape index (κ1) is 17.2. The van der Waals surface area contributed by atoms with Gasteiger partial charge in [0.05, 0.1) is 5.60 Å². The Morgan fingerprint density at radius 3 is 2.43 bits per heavy atom. The molecule has 0 amide bonds. The van der Waals surface area contributed by atoms with Crippen molar-refractivity contribution in [3.05, 3.63) is 0 Å². The zero-order valence-electron chi connectivity index (χ0n) is 14.6. The standard InChI is InChI=1S/C19H33NO3/c1-2-3-4-5-6-7-17(21)22-14-23-19-11-15-8-16(12-19)10-18(20,9-15)13-19/h15-16H,2-14,20H2,1H3. The molecule has 0 radical (unpaired) electrons. The first-order chi connectivity index (χ1) is 11.0.